The molecule has 0 aliphatic rings. The lowest BCUT2D eigenvalue weighted by molar-refractivity contribution is 0.483. The fourth-order valence-corrected chi connectivity index (χ4v) is 2.02. The van der Waals surface area contributed by atoms with Gasteiger partial charge in [0, 0.05) is 18.1 Å². The standard InChI is InChI=1S/C9H8N2O3S2/c12-16(13,14)8-3-1-7(2-4-8)11-6-5-10-9(11)15/h1-6H,(H,10,15)(H,12,13,14). The van der Waals surface area contributed by atoms with E-state index in [1.807, 2.05) is 0 Å². The number of imidazole rings is 1. The maximum absolute atomic E-state index is 10.8. The maximum Gasteiger partial charge on any atom is 0.294 e. The molecule has 2 N–H and O–H groups in total. The highest BCUT2D eigenvalue weighted by molar-refractivity contribution is 7.85. The first-order valence-electron chi connectivity index (χ1n) is 4.32. The minimum atomic E-state index is -4.14. The Morgan fingerprint density at radius 3 is 2.31 bits per heavy atom. The van der Waals surface area contributed by atoms with Gasteiger partial charge in [-0.3, -0.25) is 9.12 Å². The molecule has 0 bridgehead atoms. The number of aromatic nitrogens is 2. The Bertz CT molecular complexity index is 653. The number of hydrogen-bond donors (Lipinski definition) is 2. The molecule has 0 fully saturated rings. The number of rotatable bonds is 2. The van der Waals surface area contributed by atoms with E-state index in [4.69, 9.17) is 16.8 Å². The Hall–Kier alpha value is -1.44. The minimum absolute atomic E-state index is 0.140. The topological polar surface area (TPSA) is 75.1 Å². The largest absolute Gasteiger partial charge is 0.337 e. The molecule has 0 radical (unpaired) electrons. The lowest BCUT2D eigenvalue weighted by Crippen LogP contribution is -1.99. The number of hydrogen-bond acceptors (Lipinski definition) is 3. The van der Waals surface area contributed by atoms with Crippen LogP contribution >= 0.6 is 12.2 Å². The highest BCUT2D eigenvalue weighted by Gasteiger charge is 2.08. The molecule has 0 spiro atoms. The molecule has 0 aliphatic carbocycles. The van der Waals surface area contributed by atoms with Crippen LogP contribution in [0.4, 0.5) is 0 Å². The molecular weight excluding hydrogens is 248 g/mol. The van der Waals surface area contributed by atoms with E-state index < -0.39 is 10.1 Å². The average molecular weight is 256 g/mol. The molecule has 0 atom stereocenters. The van der Waals surface area contributed by atoms with E-state index >= 15 is 0 Å². The summed E-state index contributed by atoms with van der Waals surface area (Å²) in [6, 6.07) is 5.76. The predicted molar refractivity (Wildman–Crippen MR) is 60.8 cm³/mol. The normalized spacial score (nSPS) is 11.6. The van der Waals surface area contributed by atoms with Crippen LogP contribution in [0.25, 0.3) is 5.69 Å². The van der Waals surface area contributed by atoms with E-state index in [1.165, 1.54) is 12.1 Å². The Kier molecular flexibility index (Phi) is 2.66. The van der Waals surface area contributed by atoms with Gasteiger partial charge in [0.2, 0.25) is 0 Å². The van der Waals surface area contributed by atoms with Crippen molar-refractivity contribution in [2.45, 2.75) is 4.90 Å². The molecule has 84 valence electrons. The van der Waals surface area contributed by atoms with Crippen molar-refractivity contribution in [2.75, 3.05) is 0 Å². The lowest BCUT2D eigenvalue weighted by atomic mass is 10.3. The van der Waals surface area contributed by atoms with Crippen molar-refractivity contribution in [2.24, 2.45) is 0 Å². The third kappa shape index (κ3) is 2.06. The van der Waals surface area contributed by atoms with Crippen LogP contribution in [0.3, 0.4) is 0 Å². The zero-order valence-corrected chi connectivity index (χ0v) is 9.62. The van der Waals surface area contributed by atoms with E-state index in [0.29, 0.717) is 4.77 Å². The monoisotopic (exact) mass is 256 g/mol. The molecule has 7 heteroatoms. The van der Waals surface area contributed by atoms with Gasteiger partial charge in [-0.25, -0.2) is 0 Å². The third-order valence-electron chi connectivity index (χ3n) is 2.06. The highest BCUT2D eigenvalue weighted by Crippen LogP contribution is 2.13. The fourth-order valence-electron chi connectivity index (χ4n) is 1.30. The second-order valence-electron chi connectivity index (χ2n) is 3.10. The zero-order chi connectivity index (χ0) is 11.8. The summed E-state index contributed by atoms with van der Waals surface area (Å²) in [7, 11) is -4.14. The van der Waals surface area contributed by atoms with Crippen LogP contribution in [0.5, 0.6) is 0 Å². The number of aromatic amines is 1. The van der Waals surface area contributed by atoms with Crippen LogP contribution < -0.4 is 0 Å². The molecule has 5 nitrogen and oxygen atoms in total. The Labute approximate surface area is 97.1 Å². The summed E-state index contributed by atoms with van der Waals surface area (Å²) in [5.74, 6) is 0. The van der Waals surface area contributed by atoms with Crippen molar-refractivity contribution in [1.29, 1.82) is 0 Å². The van der Waals surface area contributed by atoms with Gasteiger partial charge < -0.3 is 4.98 Å². The van der Waals surface area contributed by atoms with Crippen molar-refractivity contribution < 1.29 is 13.0 Å². The van der Waals surface area contributed by atoms with Gasteiger partial charge in [-0.2, -0.15) is 8.42 Å². The van der Waals surface area contributed by atoms with Gasteiger partial charge in [-0.1, -0.05) is 0 Å². The van der Waals surface area contributed by atoms with E-state index in [1.54, 1.807) is 29.1 Å². The molecule has 1 aromatic heterocycles. The molecule has 2 aromatic rings. The predicted octanol–water partition coefficient (Wildman–Crippen LogP) is 1.78. The van der Waals surface area contributed by atoms with Crippen LogP contribution in [0.2, 0.25) is 0 Å². The van der Waals surface area contributed by atoms with Gasteiger partial charge in [-0.05, 0) is 36.5 Å². The highest BCUT2D eigenvalue weighted by atomic mass is 32.2. The van der Waals surface area contributed by atoms with Crippen molar-refractivity contribution in [3.8, 4) is 5.69 Å². The van der Waals surface area contributed by atoms with Gasteiger partial charge in [0.05, 0.1) is 4.90 Å². The number of nitrogens with one attached hydrogen (secondary N) is 1. The summed E-state index contributed by atoms with van der Waals surface area (Å²) >= 11 is 5.01. The summed E-state index contributed by atoms with van der Waals surface area (Å²) in [6.07, 6.45) is 3.41. The van der Waals surface area contributed by atoms with Gasteiger partial charge in [0.1, 0.15) is 0 Å². The zero-order valence-electron chi connectivity index (χ0n) is 7.99. The Balaban J connectivity index is 2.49. The Morgan fingerprint density at radius 1 is 1.25 bits per heavy atom. The van der Waals surface area contributed by atoms with Crippen molar-refractivity contribution in [3.63, 3.8) is 0 Å². The summed E-state index contributed by atoms with van der Waals surface area (Å²) in [6.45, 7) is 0. The van der Waals surface area contributed by atoms with Gasteiger partial charge in [0.25, 0.3) is 10.1 Å². The fraction of sp³-hybridized carbons (Fsp3) is 0. The first-order valence-corrected chi connectivity index (χ1v) is 6.17. The maximum atomic E-state index is 10.8. The summed E-state index contributed by atoms with van der Waals surface area (Å²) in [4.78, 5) is 2.68. The van der Waals surface area contributed by atoms with E-state index in [9.17, 15) is 8.42 Å². The van der Waals surface area contributed by atoms with Crippen molar-refractivity contribution >= 4 is 22.3 Å². The molecule has 1 heterocycles. The molecule has 0 saturated carbocycles. The summed E-state index contributed by atoms with van der Waals surface area (Å²) in [5.41, 5.74) is 0.721. The van der Waals surface area contributed by atoms with E-state index in [2.05, 4.69) is 4.98 Å². The molecule has 0 aliphatic heterocycles. The smallest absolute Gasteiger partial charge is 0.294 e. The first-order chi connectivity index (χ1) is 7.48. The SMILES string of the molecule is O=S(=O)(O)c1ccc(-n2cc[nH]c2=S)cc1. The molecule has 16 heavy (non-hydrogen) atoms. The second-order valence-corrected chi connectivity index (χ2v) is 4.91. The van der Waals surface area contributed by atoms with Gasteiger partial charge in [-0.15, -0.1) is 0 Å². The molecule has 0 saturated heterocycles. The van der Waals surface area contributed by atoms with E-state index in [-0.39, 0.29) is 4.90 Å². The first kappa shape index (κ1) is 11.1. The molecule has 2 rings (SSSR count). The van der Waals surface area contributed by atoms with Crippen LogP contribution in [-0.2, 0) is 10.1 Å². The van der Waals surface area contributed by atoms with Gasteiger partial charge in [0.15, 0.2) is 4.77 Å². The summed E-state index contributed by atoms with van der Waals surface area (Å²) in [5, 5.41) is 0. The van der Waals surface area contributed by atoms with Crippen molar-refractivity contribution in [1.82, 2.24) is 9.55 Å². The second kappa shape index (κ2) is 3.85. The molecule has 0 unspecified atom stereocenters. The van der Waals surface area contributed by atoms with Crippen LogP contribution in [0.15, 0.2) is 41.6 Å². The Morgan fingerprint density at radius 2 is 1.88 bits per heavy atom. The molecular formula is C9H8N2O3S2. The van der Waals surface area contributed by atoms with Crippen molar-refractivity contribution in [3.05, 3.63) is 41.4 Å². The quantitative estimate of drug-likeness (QED) is 0.634. The van der Waals surface area contributed by atoms with Crippen LogP contribution in [0.1, 0.15) is 0 Å². The van der Waals surface area contributed by atoms with Gasteiger partial charge >= 0.3 is 0 Å². The minimum Gasteiger partial charge on any atom is -0.337 e. The number of nitrogens with zero attached hydrogens (tertiary/aromatic N) is 1. The lowest BCUT2D eigenvalue weighted by Gasteiger charge is -2.02. The van der Waals surface area contributed by atoms with Crippen LogP contribution in [-0.4, -0.2) is 22.5 Å². The van der Waals surface area contributed by atoms with E-state index in [0.717, 1.165) is 5.69 Å². The molecule has 0 amide bonds. The average Bonchev–Trinajstić information content (AvgIpc) is 2.63. The molecule has 1 aromatic carbocycles. The third-order valence-corrected chi connectivity index (χ3v) is 3.24. The number of H-pyrrole nitrogens is 1. The summed E-state index contributed by atoms with van der Waals surface area (Å²) < 4.78 is 32.6. The van der Waals surface area contributed by atoms with Crippen LogP contribution in [0, 0.1) is 4.77 Å². The number of benzene rings is 1.